The second-order valence-corrected chi connectivity index (χ2v) is 10.3. The third-order valence-corrected chi connectivity index (χ3v) is 5.81. The molecule has 1 unspecified atom stereocenters. The number of carbonyl (C=O) groups excluding carboxylic acids is 2. The van der Waals surface area contributed by atoms with Gasteiger partial charge in [0.2, 0.25) is 0 Å². The third kappa shape index (κ3) is 7.02. The first-order valence-electron chi connectivity index (χ1n) is 10.8. The summed E-state index contributed by atoms with van der Waals surface area (Å²) in [6.45, 7) is 6.76. The molecular formula is C24H28F2IN3O4. The number of piperazine rings is 1. The van der Waals surface area contributed by atoms with Crippen LogP contribution in [0.5, 0.6) is 5.75 Å². The Bertz CT molecular complexity index is 1070. The van der Waals surface area contributed by atoms with Crippen LogP contribution in [-0.2, 0) is 11.2 Å². The Morgan fingerprint density at radius 2 is 1.94 bits per heavy atom. The molecule has 1 atom stereocenters. The van der Waals surface area contributed by atoms with Crippen molar-refractivity contribution in [3.05, 3.63) is 62.2 Å². The molecule has 1 saturated heterocycles. The summed E-state index contributed by atoms with van der Waals surface area (Å²) < 4.78 is 40.7. The van der Waals surface area contributed by atoms with E-state index in [-0.39, 0.29) is 35.9 Å². The Balaban J connectivity index is 1.76. The Kier molecular flexibility index (Phi) is 8.34. The van der Waals surface area contributed by atoms with Crippen LogP contribution in [0.2, 0.25) is 0 Å². The summed E-state index contributed by atoms with van der Waals surface area (Å²) in [6.07, 6.45) is -0.451. The average molecular weight is 587 g/mol. The van der Waals surface area contributed by atoms with E-state index in [2.05, 4.69) is 5.32 Å². The Morgan fingerprint density at radius 1 is 1.21 bits per heavy atom. The molecule has 1 aliphatic rings. The fourth-order valence-corrected chi connectivity index (χ4v) is 4.11. The molecule has 3 N–H and O–H groups in total. The van der Waals surface area contributed by atoms with Crippen molar-refractivity contribution in [2.24, 2.45) is 5.73 Å². The SMILES string of the molecule is CC(C)(C)OC(=O)N1CCNC(COc2cc(F)cc(Cc3ccc(I)cc3F)c2C(N)=O)C1. The summed E-state index contributed by atoms with van der Waals surface area (Å²) in [4.78, 5) is 26.2. The molecule has 3 rings (SSSR count). The van der Waals surface area contributed by atoms with Gasteiger partial charge in [-0.25, -0.2) is 13.6 Å². The predicted octanol–water partition coefficient (Wildman–Crippen LogP) is 3.85. The Hall–Kier alpha value is -2.47. The number of carbonyl (C=O) groups is 2. The van der Waals surface area contributed by atoms with E-state index < -0.39 is 29.2 Å². The summed E-state index contributed by atoms with van der Waals surface area (Å²) >= 11 is 1.99. The molecule has 0 radical (unpaired) electrons. The van der Waals surface area contributed by atoms with Gasteiger partial charge in [-0.2, -0.15) is 0 Å². The quantitative estimate of drug-likeness (QED) is 0.502. The fourth-order valence-electron chi connectivity index (χ4n) is 3.66. The highest BCUT2D eigenvalue weighted by atomic mass is 127. The molecule has 1 fully saturated rings. The lowest BCUT2D eigenvalue weighted by Crippen LogP contribution is -2.55. The van der Waals surface area contributed by atoms with Crippen LogP contribution in [0.3, 0.4) is 0 Å². The topological polar surface area (TPSA) is 93.9 Å². The minimum Gasteiger partial charge on any atom is -0.491 e. The van der Waals surface area contributed by atoms with Gasteiger partial charge in [-0.1, -0.05) is 6.07 Å². The monoisotopic (exact) mass is 587 g/mol. The molecule has 10 heteroatoms. The minimum absolute atomic E-state index is 0.000780. The molecule has 7 nitrogen and oxygen atoms in total. The molecule has 0 aromatic heterocycles. The number of ether oxygens (including phenoxy) is 2. The molecule has 34 heavy (non-hydrogen) atoms. The summed E-state index contributed by atoms with van der Waals surface area (Å²) in [6, 6.07) is 6.65. The lowest BCUT2D eigenvalue weighted by atomic mass is 9.98. The van der Waals surface area contributed by atoms with Crippen molar-refractivity contribution in [1.82, 2.24) is 10.2 Å². The summed E-state index contributed by atoms with van der Waals surface area (Å²) in [5.41, 5.74) is 5.51. The number of rotatable bonds is 6. The van der Waals surface area contributed by atoms with Gasteiger partial charge in [0.05, 0.1) is 11.6 Å². The molecule has 2 aromatic carbocycles. The zero-order valence-electron chi connectivity index (χ0n) is 19.3. The van der Waals surface area contributed by atoms with Crippen molar-refractivity contribution in [2.45, 2.75) is 38.8 Å². The van der Waals surface area contributed by atoms with Crippen molar-refractivity contribution < 1.29 is 27.8 Å². The number of nitrogens with one attached hydrogen (secondary N) is 1. The molecule has 0 spiro atoms. The third-order valence-electron chi connectivity index (χ3n) is 5.14. The number of primary amides is 1. The van der Waals surface area contributed by atoms with E-state index in [1.807, 2.05) is 22.6 Å². The first-order valence-corrected chi connectivity index (χ1v) is 11.9. The number of benzene rings is 2. The zero-order valence-corrected chi connectivity index (χ0v) is 21.4. The molecule has 0 bridgehead atoms. The van der Waals surface area contributed by atoms with E-state index in [4.69, 9.17) is 15.2 Å². The van der Waals surface area contributed by atoms with Crippen LogP contribution in [0.25, 0.3) is 0 Å². The van der Waals surface area contributed by atoms with Crippen LogP contribution in [0.4, 0.5) is 13.6 Å². The van der Waals surface area contributed by atoms with Crippen LogP contribution in [0.1, 0.15) is 42.3 Å². The van der Waals surface area contributed by atoms with Gasteiger partial charge in [0, 0.05) is 35.7 Å². The van der Waals surface area contributed by atoms with Gasteiger partial charge in [0.15, 0.2) is 0 Å². The van der Waals surface area contributed by atoms with Crippen molar-refractivity contribution >= 4 is 34.6 Å². The molecular weight excluding hydrogens is 559 g/mol. The standard InChI is InChI=1S/C24H28F2IN3O4/c1-24(2,3)34-23(32)30-7-6-29-18(12-30)13-33-20-10-16(25)9-15(21(20)22(28)31)8-14-4-5-17(27)11-19(14)26/h4-5,9-11,18,29H,6-8,12-13H2,1-3H3,(H2,28,31). The number of nitrogens with zero attached hydrogens (tertiary/aromatic N) is 1. The minimum atomic E-state index is -0.803. The Labute approximate surface area is 211 Å². The van der Waals surface area contributed by atoms with Gasteiger partial charge >= 0.3 is 6.09 Å². The highest BCUT2D eigenvalue weighted by Crippen LogP contribution is 2.28. The summed E-state index contributed by atoms with van der Waals surface area (Å²) in [5, 5.41) is 3.23. The van der Waals surface area contributed by atoms with Crippen molar-refractivity contribution in [1.29, 1.82) is 0 Å². The summed E-state index contributed by atoms with van der Waals surface area (Å²) in [5.74, 6) is -1.91. The predicted molar refractivity (Wildman–Crippen MR) is 132 cm³/mol. The van der Waals surface area contributed by atoms with Crippen molar-refractivity contribution in [3.8, 4) is 5.75 Å². The van der Waals surface area contributed by atoms with E-state index in [0.29, 0.717) is 25.2 Å². The first-order chi connectivity index (χ1) is 15.9. The maximum atomic E-state index is 14.4. The first kappa shape index (κ1) is 26.1. The van der Waals surface area contributed by atoms with Gasteiger partial charge in [0.1, 0.15) is 29.6 Å². The molecule has 1 heterocycles. The number of hydrogen-bond donors (Lipinski definition) is 2. The number of nitrogens with two attached hydrogens (primary N) is 1. The van der Waals surface area contributed by atoms with E-state index in [1.54, 1.807) is 37.8 Å². The van der Waals surface area contributed by atoms with Gasteiger partial charge in [-0.15, -0.1) is 0 Å². The van der Waals surface area contributed by atoms with E-state index in [0.717, 1.165) is 15.7 Å². The maximum Gasteiger partial charge on any atom is 0.410 e. The van der Waals surface area contributed by atoms with E-state index in [1.165, 1.54) is 6.07 Å². The van der Waals surface area contributed by atoms with Crippen molar-refractivity contribution in [2.75, 3.05) is 26.2 Å². The summed E-state index contributed by atoms with van der Waals surface area (Å²) in [7, 11) is 0. The lowest BCUT2D eigenvalue weighted by molar-refractivity contribution is 0.0178. The van der Waals surface area contributed by atoms with Crippen LogP contribution >= 0.6 is 22.6 Å². The van der Waals surface area contributed by atoms with Crippen LogP contribution in [0, 0.1) is 15.2 Å². The van der Waals surface area contributed by atoms with Gasteiger partial charge < -0.3 is 25.4 Å². The maximum absolute atomic E-state index is 14.4. The normalized spacial score (nSPS) is 16.3. The Morgan fingerprint density at radius 3 is 2.59 bits per heavy atom. The molecule has 0 saturated carbocycles. The number of hydrogen-bond acceptors (Lipinski definition) is 5. The zero-order chi connectivity index (χ0) is 25.0. The average Bonchev–Trinajstić information content (AvgIpc) is 2.72. The van der Waals surface area contributed by atoms with E-state index >= 15 is 0 Å². The van der Waals surface area contributed by atoms with Crippen molar-refractivity contribution in [3.63, 3.8) is 0 Å². The van der Waals surface area contributed by atoms with Crippen LogP contribution < -0.4 is 15.8 Å². The smallest absolute Gasteiger partial charge is 0.410 e. The number of halogens is 3. The van der Waals surface area contributed by atoms with Crippen LogP contribution in [0.15, 0.2) is 30.3 Å². The van der Waals surface area contributed by atoms with Gasteiger partial charge in [-0.05, 0) is 72.7 Å². The molecule has 2 aromatic rings. The molecule has 0 aliphatic carbocycles. The largest absolute Gasteiger partial charge is 0.491 e. The lowest BCUT2D eigenvalue weighted by Gasteiger charge is -2.34. The van der Waals surface area contributed by atoms with E-state index in [9.17, 15) is 18.4 Å². The highest BCUT2D eigenvalue weighted by molar-refractivity contribution is 14.1. The second-order valence-electron chi connectivity index (χ2n) is 9.10. The number of amides is 2. The molecule has 184 valence electrons. The molecule has 1 aliphatic heterocycles. The second kappa shape index (κ2) is 10.9. The van der Waals surface area contributed by atoms with Gasteiger partial charge in [-0.3, -0.25) is 4.79 Å². The highest BCUT2D eigenvalue weighted by Gasteiger charge is 2.28. The fraction of sp³-hybridized carbons (Fsp3) is 0.417. The van der Waals surface area contributed by atoms with Gasteiger partial charge in [0.25, 0.3) is 5.91 Å². The van der Waals surface area contributed by atoms with Crippen LogP contribution in [-0.4, -0.2) is 54.8 Å². The molecule has 2 amide bonds.